The van der Waals surface area contributed by atoms with Crippen molar-refractivity contribution in [2.24, 2.45) is 0 Å². The number of ether oxygens (including phenoxy) is 1. The summed E-state index contributed by atoms with van der Waals surface area (Å²) in [4.78, 5) is 13.9. The van der Waals surface area contributed by atoms with Crippen LogP contribution in [0.1, 0.15) is 31.5 Å². The highest BCUT2D eigenvalue weighted by Gasteiger charge is 2.44. The number of aromatic nitrogens is 4. The maximum Gasteiger partial charge on any atom is 0.227 e. The van der Waals surface area contributed by atoms with E-state index in [2.05, 4.69) is 49.8 Å². The predicted octanol–water partition coefficient (Wildman–Crippen LogP) is 3.14. The number of hydrogen-bond acceptors (Lipinski definition) is 8. The SMILES string of the molecule is Cc1c(Nc2ncc3cc(Cl)c(N4CCN([C@@]5(C)COC[C@H]5O)CC4)cc3n2)cnn1C1CC1. The molecule has 9 nitrogen and oxygen atoms in total. The lowest BCUT2D eigenvalue weighted by molar-refractivity contribution is 0.00884. The molecule has 2 saturated heterocycles. The molecule has 2 aliphatic heterocycles. The Labute approximate surface area is 203 Å². The summed E-state index contributed by atoms with van der Waals surface area (Å²) in [7, 11) is 0. The maximum atomic E-state index is 10.4. The van der Waals surface area contributed by atoms with Crippen molar-refractivity contribution in [1.82, 2.24) is 24.6 Å². The molecule has 0 amide bonds. The summed E-state index contributed by atoms with van der Waals surface area (Å²) in [6.45, 7) is 8.46. The van der Waals surface area contributed by atoms with Crippen LogP contribution < -0.4 is 10.2 Å². The van der Waals surface area contributed by atoms with Gasteiger partial charge < -0.3 is 20.1 Å². The molecule has 0 bridgehead atoms. The molecular weight excluding hydrogens is 454 g/mol. The molecule has 34 heavy (non-hydrogen) atoms. The number of halogens is 1. The fourth-order valence-corrected chi connectivity index (χ4v) is 5.40. The molecule has 10 heteroatoms. The zero-order chi connectivity index (χ0) is 23.4. The van der Waals surface area contributed by atoms with Gasteiger partial charge in [0.05, 0.1) is 64.7 Å². The van der Waals surface area contributed by atoms with Crippen LogP contribution in [0.4, 0.5) is 17.3 Å². The van der Waals surface area contributed by atoms with Crippen LogP contribution in [0.15, 0.2) is 24.5 Å². The minimum atomic E-state index is -0.453. The largest absolute Gasteiger partial charge is 0.389 e. The number of aliphatic hydroxyl groups excluding tert-OH is 1. The van der Waals surface area contributed by atoms with E-state index in [1.54, 1.807) is 6.20 Å². The normalized spacial score (nSPS) is 25.9. The summed E-state index contributed by atoms with van der Waals surface area (Å²) < 4.78 is 7.61. The highest BCUT2D eigenvalue weighted by Crippen LogP contribution is 2.37. The fourth-order valence-electron chi connectivity index (χ4n) is 5.11. The van der Waals surface area contributed by atoms with Gasteiger partial charge in [0.25, 0.3) is 0 Å². The molecular formula is C24H30ClN7O2. The second-order valence-electron chi connectivity index (χ2n) is 9.86. The van der Waals surface area contributed by atoms with Crippen LogP contribution in [0.5, 0.6) is 0 Å². The van der Waals surface area contributed by atoms with Crippen LogP contribution in [0.2, 0.25) is 5.02 Å². The first-order chi connectivity index (χ1) is 16.4. The summed E-state index contributed by atoms with van der Waals surface area (Å²) >= 11 is 6.68. The van der Waals surface area contributed by atoms with Crippen molar-refractivity contribution in [3.8, 4) is 0 Å². The number of benzene rings is 1. The standard InChI is InChI=1S/C24H30ClN7O2/c1-15-20(12-27-32(15)17-3-4-17)29-23-26-11-16-9-18(25)21(10-19(16)28-23)30-5-7-31(8-6-30)24(2)14-34-13-22(24)33/h9-12,17,22,33H,3-8,13-14H2,1-2H3,(H,26,28,29)/t22-,24+/m1/s1. The Morgan fingerprint density at radius 1 is 1.18 bits per heavy atom. The van der Waals surface area contributed by atoms with Crippen LogP contribution in [0.3, 0.4) is 0 Å². The molecule has 1 aliphatic carbocycles. The van der Waals surface area contributed by atoms with E-state index in [-0.39, 0.29) is 5.54 Å². The molecule has 2 atom stereocenters. The quantitative estimate of drug-likeness (QED) is 0.572. The summed E-state index contributed by atoms with van der Waals surface area (Å²) in [5.74, 6) is 0.548. The third kappa shape index (κ3) is 3.80. The predicted molar refractivity (Wildman–Crippen MR) is 132 cm³/mol. The number of anilines is 3. The molecule has 1 saturated carbocycles. The van der Waals surface area contributed by atoms with Gasteiger partial charge in [0.1, 0.15) is 0 Å². The Kier molecular flexibility index (Phi) is 5.40. The molecule has 2 N–H and O–H groups in total. The smallest absolute Gasteiger partial charge is 0.227 e. The molecule has 0 radical (unpaired) electrons. The van der Waals surface area contributed by atoms with Gasteiger partial charge in [-0.15, -0.1) is 0 Å². The lowest BCUT2D eigenvalue weighted by atomic mass is 9.95. The second kappa shape index (κ2) is 8.34. The summed E-state index contributed by atoms with van der Waals surface area (Å²) in [5, 5.41) is 19.8. The van der Waals surface area contributed by atoms with Gasteiger partial charge in [-0.05, 0) is 38.8 Å². The molecule has 2 aromatic heterocycles. The summed E-state index contributed by atoms with van der Waals surface area (Å²) in [6.07, 6.45) is 5.59. The number of hydrogen-bond donors (Lipinski definition) is 2. The van der Waals surface area contributed by atoms with Crippen molar-refractivity contribution in [3.05, 3.63) is 35.2 Å². The molecule has 3 aromatic rings. The van der Waals surface area contributed by atoms with Gasteiger partial charge in [-0.3, -0.25) is 9.58 Å². The van der Waals surface area contributed by atoms with Crippen LogP contribution in [-0.2, 0) is 4.74 Å². The molecule has 0 unspecified atom stereocenters. The van der Waals surface area contributed by atoms with Crippen LogP contribution in [0, 0.1) is 6.92 Å². The van der Waals surface area contributed by atoms with Crippen molar-refractivity contribution >= 4 is 39.8 Å². The van der Waals surface area contributed by atoms with Gasteiger partial charge in [0.15, 0.2) is 0 Å². The minimum absolute atomic E-state index is 0.321. The van der Waals surface area contributed by atoms with Crippen LogP contribution in [-0.4, -0.2) is 80.8 Å². The highest BCUT2D eigenvalue weighted by atomic mass is 35.5. The van der Waals surface area contributed by atoms with Crippen molar-refractivity contribution in [1.29, 1.82) is 0 Å². The van der Waals surface area contributed by atoms with E-state index in [0.29, 0.717) is 30.2 Å². The topological polar surface area (TPSA) is 91.6 Å². The fraction of sp³-hybridized carbons (Fsp3) is 0.542. The second-order valence-corrected chi connectivity index (χ2v) is 10.3. The van der Waals surface area contributed by atoms with Gasteiger partial charge >= 0.3 is 0 Å². The third-order valence-corrected chi connectivity index (χ3v) is 7.87. The van der Waals surface area contributed by atoms with E-state index in [4.69, 9.17) is 21.3 Å². The van der Waals surface area contributed by atoms with E-state index >= 15 is 0 Å². The average molecular weight is 484 g/mol. The minimum Gasteiger partial charge on any atom is -0.389 e. The maximum absolute atomic E-state index is 10.4. The van der Waals surface area contributed by atoms with Gasteiger partial charge in [0, 0.05) is 37.8 Å². The van der Waals surface area contributed by atoms with Gasteiger partial charge in [-0.2, -0.15) is 5.10 Å². The van der Waals surface area contributed by atoms with Crippen LogP contribution >= 0.6 is 11.6 Å². The van der Waals surface area contributed by atoms with E-state index in [1.807, 2.05) is 12.3 Å². The number of rotatable bonds is 5. The van der Waals surface area contributed by atoms with Gasteiger partial charge in [-0.25, -0.2) is 9.97 Å². The van der Waals surface area contributed by atoms with E-state index in [0.717, 1.165) is 54.2 Å². The molecule has 0 spiro atoms. The van der Waals surface area contributed by atoms with Gasteiger partial charge in [-0.1, -0.05) is 11.6 Å². The monoisotopic (exact) mass is 483 g/mol. The van der Waals surface area contributed by atoms with E-state index in [1.165, 1.54) is 12.8 Å². The Hall–Kier alpha value is -2.46. The zero-order valence-corrected chi connectivity index (χ0v) is 20.3. The highest BCUT2D eigenvalue weighted by molar-refractivity contribution is 6.34. The molecule has 3 aliphatic rings. The Morgan fingerprint density at radius 3 is 2.68 bits per heavy atom. The average Bonchev–Trinajstić information content (AvgIpc) is 3.54. The Morgan fingerprint density at radius 2 is 1.97 bits per heavy atom. The van der Waals surface area contributed by atoms with Crippen molar-refractivity contribution in [2.75, 3.05) is 49.6 Å². The Bertz CT molecular complexity index is 1220. The number of nitrogens with zero attached hydrogens (tertiary/aromatic N) is 6. The third-order valence-electron chi connectivity index (χ3n) is 7.56. The number of aliphatic hydroxyl groups is 1. The van der Waals surface area contributed by atoms with Crippen molar-refractivity contribution in [2.45, 2.75) is 44.4 Å². The first-order valence-corrected chi connectivity index (χ1v) is 12.3. The lowest BCUT2D eigenvalue weighted by Gasteiger charge is -2.45. The molecule has 1 aromatic carbocycles. The van der Waals surface area contributed by atoms with Gasteiger partial charge in [0.2, 0.25) is 5.95 Å². The van der Waals surface area contributed by atoms with Crippen molar-refractivity contribution in [3.63, 3.8) is 0 Å². The summed E-state index contributed by atoms with van der Waals surface area (Å²) in [6, 6.07) is 4.52. The van der Waals surface area contributed by atoms with E-state index < -0.39 is 6.10 Å². The van der Waals surface area contributed by atoms with Crippen molar-refractivity contribution < 1.29 is 9.84 Å². The zero-order valence-electron chi connectivity index (χ0n) is 19.5. The molecule has 3 fully saturated rings. The molecule has 4 heterocycles. The first kappa shape index (κ1) is 22.0. The van der Waals surface area contributed by atoms with Crippen LogP contribution in [0.25, 0.3) is 10.9 Å². The number of piperazine rings is 1. The Balaban J connectivity index is 1.21. The van der Waals surface area contributed by atoms with E-state index in [9.17, 15) is 5.11 Å². The summed E-state index contributed by atoms with van der Waals surface area (Å²) in [5.41, 5.74) is 3.54. The molecule has 180 valence electrons. The number of fused-ring (bicyclic) bond motifs is 1. The molecule has 6 rings (SSSR count). The first-order valence-electron chi connectivity index (χ1n) is 12.0. The number of nitrogens with one attached hydrogen (secondary N) is 1. The lowest BCUT2D eigenvalue weighted by Crippen LogP contribution is -2.60.